The molecule has 2 aliphatic rings. The van der Waals surface area contributed by atoms with Crippen molar-refractivity contribution in [2.24, 2.45) is 0 Å². The van der Waals surface area contributed by atoms with Crippen molar-refractivity contribution in [1.82, 2.24) is 19.9 Å². The van der Waals surface area contributed by atoms with Crippen molar-refractivity contribution >= 4 is 28.6 Å². The first kappa shape index (κ1) is 17.6. The number of halogens is 1. The maximum atomic E-state index is 13.5. The molecule has 0 saturated carbocycles. The Morgan fingerprint density at radius 3 is 2.86 bits per heavy atom. The molecule has 0 N–H and O–H groups in total. The summed E-state index contributed by atoms with van der Waals surface area (Å²) in [5.74, 6) is 0.0282. The molecule has 0 spiro atoms. The quantitative estimate of drug-likeness (QED) is 0.659. The monoisotopic (exact) mass is 396 g/mol. The molecule has 0 bridgehead atoms. The highest BCUT2D eigenvalue weighted by molar-refractivity contribution is 6.30. The van der Waals surface area contributed by atoms with Crippen LogP contribution in [0.4, 0.5) is 0 Å². The fourth-order valence-electron chi connectivity index (χ4n) is 4.38. The number of nitrogens with zero attached hydrogens (tertiary/aromatic N) is 4. The minimum absolute atomic E-state index is 0.0282. The summed E-state index contributed by atoms with van der Waals surface area (Å²) in [6.45, 7) is 5.47. The molecule has 144 valence electrons. The standard InChI is InChI=1S/C21H21ClN4O2/c1-13-19-17(21(27)26-10-9-25-8-2-3-16(25)12-26)11-18(23-20(19)28-24-13)14-4-6-15(22)7-5-14/h4-7,11,16H,2-3,8-10,12H2,1H3/t16-/m1/s1. The number of carbonyl (C=O) groups is 1. The smallest absolute Gasteiger partial charge is 0.259 e. The third-order valence-corrected chi connectivity index (χ3v) is 6.11. The van der Waals surface area contributed by atoms with E-state index in [4.69, 9.17) is 16.1 Å². The fourth-order valence-corrected chi connectivity index (χ4v) is 4.50. The van der Waals surface area contributed by atoms with Gasteiger partial charge in [0.1, 0.15) is 0 Å². The summed E-state index contributed by atoms with van der Waals surface area (Å²) in [5.41, 5.74) is 3.26. The first-order valence-electron chi connectivity index (χ1n) is 9.66. The summed E-state index contributed by atoms with van der Waals surface area (Å²) < 4.78 is 5.42. The number of carbonyl (C=O) groups excluding carboxylic acids is 1. The Bertz CT molecular complexity index is 1050. The number of hydrogen-bond acceptors (Lipinski definition) is 5. The number of hydrogen-bond donors (Lipinski definition) is 0. The van der Waals surface area contributed by atoms with E-state index >= 15 is 0 Å². The second-order valence-corrected chi connectivity index (χ2v) is 8.03. The number of piperazine rings is 1. The van der Waals surface area contributed by atoms with Crippen LogP contribution in [0.2, 0.25) is 5.02 Å². The molecule has 4 heterocycles. The normalized spacial score (nSPS) is 19.9. The zero-order valence-corrected chi connectivity index (χ0v) is 16.4. The van der Waals surface area contributed by atoms with Crippen LogP contribution >= 0.6 is 11.6 Å². The molecule has 0 unspecified atom stereocenters. The number of pyridine rings is 1. The van der Waals surface area contributed by atoms with Gasteiger partial charge in [0.05, 0.1) is 22.3 Å². The van der Waals surface area contributed by atoms with E-state index in [-0.39, 0.29) is 5.91 Å². The van der Waals surface area contributed by atoms with Crippen molar-refractivity contribution < 1.29 is 9.32 Å². The first-order valence-corrected chi connectivity index (χ1v) is 10.0. The molecule has 1 atom stereocenters. The highest BCUT2D eigenvalue weighted by Crippen LogP contribution is 2.30. The van der Waals surface area contributed by atoms with Gasteiger partial charge in [-0.15, -0.1) is 0 Å². The molecule has 0 aliphatic carbocycles. The summed E-state index contributed by atoms with van der Waals surface area (Å²) in [7, 11) is 0. The van der Waals surface area contributed by atoms with Crippen molar-refractivity contribution in [1.29, 1.82) is 0 Å². The molecule has 7 heteroatoms. The average Bonchev–Trinajstić information content (AvgIpc) is 3.33. The largest absolute Gasteiger partial charge is 0.336 e. The lowest BCUT2D eigenvalue weighted by atomic mass is 10.0. The molecule has 1 amide bonds. The van der Waals surface area contributed by atoms with Crippen LogP contribution in [0.15, 0.2) is 34.9 Å². The maximum Gasteiger partial charge on any atom is 0.259 e. The van der Waals surface area contributed by atoms with Crippen LogP contribution in [0.5, 0.6) is 0 Å². The fraction of sp³-hybridized carbons (Fsp3) is 0.381. The molecule has 28 heavy (non-hydrogen) atoms. The lowest BCUT2D eigenvalue weighted by molar-refractivity contribution is 0.0573. The van der Waals surface area contributed by atoms with Gasteiger partial charge in [0, 0.05) is 36.3 Å². The minimum atomic E-state index is 0.0282. The van der Waals surface area contributed by atoms with E-state index < -0.39 is 0 Å². The molecule has 6 nitrogen and oxygen atoms in total. The highest BCUT2D eigenvalue weighted by Gasteiger charge is 2.34. The number of aryl methyl sites for hydroxylation is 1. The van der Waals surface area contributed by atoms with E-state index in [0.717, 1.165) is 38.2 Å². The molecule has 2 aromatic heterocycles. The van der Waals surface area contributed by atoms with Gasteiger partial charge in [-0.2, -0.15) is 0 Å². The number of rotatable bonds is 2. The third-order valence-electron chi connectivity index (χ3n) is 5.86. The van der Waals surface area contributed by atoms with Gasteiger partial charge in [-0.1, -0.05) is 28.9 Å². The van der Waals surface area contributed by atoms with Crippen LogP contribution in [-0.4, -0.2) is 58.1 Å². The van der Waals surface area contributed by atoms with Crippen LogP contribution in [0.3, 0.4) is 0 Å². The lowest BCUT2D eigenvalue weighted by Gasteiger charge is -2.37. The molecule has 2 saturated heterocycles. The van der Waals surface area contributed by atoms with Gasteiger partial charge in [-0.25, -0.2) is 4.98 Å². The van der Waals surface area contributed by atoms with E-state index in [1.807, 2.05) is 42.2 Å². The van der Waals surface area contributed by atoms with Gasteiger partial charge < -0.3 is 9.42 Å². The summed E-state index contributed by atoms with van der Waals surface area (Å²) >= 11 is 6.01. The highest BCUT2D eigenvalue weighted by atomic mass is 35.5. The number of benzene rings is 1. The molecule has 2 aliphatic heterocycles. The Morgan fingerprint density at radius 2 is 2.04 bits per heavy atom. The Kier molecular flexibility index (Phi) is 4.33. The molecular formula is C21H21ClN4O2. The summed E-state index contributed by atoms with van der Waals surface area (Å²) in [6, 6.07) is 9.76. The zero-order valence-electron chi connectivity index (χ0n) is 15.7. The summed E-state index contributed by atoms with van der Waals surface area (Å²) in [5, 5.41) is 5.41. The first-order chi connectivity index (χ1) is 13.6. The van der Waals surface area contributed by atoms with Gasteiger partial charge in [-0.05, 0) is 44.5 Å². The van der Waals surface area contributed by atoms with E-state index in [2.05, 4.69) is 15.0 Å². The van der Waals surface area contributed by atoms with Gasteiger partial charge in [-0.3, -0.25) is 9.69 Å². The van der Waals surface area contributed by atoms with Crippen molar-refractivity contribution in [3.63, 3.8) is 0 Å². The van der Waals surface area contributed by atoms with E-state index in [1.165, 1.54) is 6.42 Å². The Hall–Kier alpha value is -2.44. The van der Waals surface area contributed by atoms with Crippen LogP contribution < -0.4 is 0 Å². The summed E-state index contributed by atoms with van der Waals surface area (Å²) in [4.78, 5) is 22.5. The maximum absolute atomic E-state index is 13.5. The van der Waals surface area contributed by atoms with Crippen molar-refractivity contribution in [2.75, 3.05) is 26.2 Å². The minimum Gasteiger partial charge on any atom is -0.336 e. The molecule has 5 rings (SSSR count). The second kappa shape index (κ2) is 6.87. The third kappa shape index (κ3) is 2.97. The number of amides is 1. The van der Waals surface area contributed by atoms with Crippen LogP contribution in [0, 0.1) is 6.92 Å². The summed E-state index contributed by atoms with van der Waals surface area (Å²) in [6.07, 6.45) is 2.38. The lowest BCUT2D eigenvalue weighted by Crippen LogP contribution is -2.52. The van der Waals surface area contributed by atoms with E-state index in [0.29, 0.717) is 39.1 Å². The molecule has 1 aromatic carbocycles. The predicted molar refractivity (Wildman–Crippen MR) is 107 cm³/mol. The molecular weight excluding hydrogens is 376 g/mol. The van der Waals surface area contributed by atoms with Crippen LogP contribution in [0.1, 0.15) is 28.9 Å². The van der Waals surface area contributed by atoms with Gasteiger partial charge >= 0.3 is 0 Å². The molecule has 3 aromatic rings. The van der Waals surface area contributed by atoms with Gasteiger partial charge in [0.2, 0.25) is 0 Å². The zero-order chi connectivity index (χ0) is 19.3. The Balaban J connectivity index is 1.56. The SMILES string of the molecule is Cc1noc2nc(-c3ccc(Cl)cc3)cc(C(=O)N3CCN4CCC[C@@H]4C3)c12. The van der Waals surface area contributed by atoms with E-state index in [9.17, 15) is 4.79 Å². The van der Waals surface area contributed by atoms with Crippen molar-refractivity contribution in [3.05, 3.63) is 46.6 Å². The van der Waals surface area contributed by atoms with Crippen molar-refractivity contribution in [3.8, 4) is 11.3 Å². The number of aromatic nitrogens is 2. The van der Waals surface area contributed by atoms with Gasteiger partial charge in [0.25, 0.3) is 11.6 Å². The number of fused-ring (bicyclic) bond motifs is 2. The second-order valence-electron chi connectivity index (χ2n) is 7.59. The Labute approximate surface area is 168 Å². The van der Waals surface area contributed by atoms with E-state index in [1.54, 1.807) is 0 Å². The Morgan fingerprint density at radius 1 is 1.21 bits per heavy atom. The van der Waals surface area contributed by atoms with Crippen LogP contribution in [0.25, 0.3) is 22.4 Å². The van der Waals surface area contributed by atoms with Crippen molar-refractivity contribution in [2.45, 2.75) is 25.8 Å². The average molecular weight is 397 g/mol. The molecule has 0 radical (unpaired) electrons. The van der Waals surface area contributed by atoms with Gasteiger partial charge in [0.15, 0.2) is 0 Å². The topological polar surface area (TPSA) is 62.5 Å². The molecule has 2 fully saturated rings. The predicted octanol–water partition coefficient (Wildman–Crippen LogP) is 3.77. The van der Waals surface area contributed by atoms with Crippen LogP contribution in [-0.2, 0) is 0 Å².